The third-order valence-corrected chi connectivity index (χ3v) is 5.52. The molecule has 1 aromatic carbocycles. The molecule has 1 aliphatic heterocycles. The second-order valence-corrected chi connectivity index (χ2v) is 8.38. The van der Waals surface area contributed by atoms with Gasteiger partial charge < -0.3 is 5.11 Å². The molecule has 2 N–H and O–H groups in total. The molecule has 1 fully saturated rings. The smallest absolute Gasteiger partial charge is 0.0698 e. The third-order valence-electron chi connectivity index (χ3n) is 5.52. The highest BCUT2D eigenvalue weighted by Gasteiger charge is 2.27. The Morgan fingerprint density at radius 3 is 2.81 bits per heavy atom. The molecule has 0 spiro atoms. The number of aliphatic hydroxyl groups is 1. The van der Waals surface area contributed by atoms with E-state index in [1.165, 1.54) is 22.3 Å². The van der Waals surface area contributed by atoms with Gasteiger partial charge in [-0.05, 0) is 37.8 Å². The summed E-state index contributed by atoms with van der Waals surface area (Å²) in [4.78, 5) is 5.06. The lowest BCUT2D eigenvalue weighted by Crippen LogP contribution is -2.53. The standard InChI is InChI=1S/C22H34N4O/c1-16(2)13-26-9-8-25(15-20(26)7-10-27)14-19-12-23-24-22(19)21-11-17(3)5-6-18(21)4/h5-6,11-12,16,20,27H,7-10,13-15H2,1-4H3,(H,23,24)/t20-/m0/s1. The van der Waals surface area contributed by atoms with Gasteiger partial charge in [0.2, 0.25) is 0 Å². The Hall–Kier alpha value is -1.69. The summed E-state index contributed by atoms with van der Waals surface area (Å²) in [5.74, 6) is 0.655. The van der Waals surface area contributed by atoms with Gasteiger partial charge in [0.15, 0.2) is 0 Å². The summed E-state index contributed by atoms with van der Waals surface area (Å²) in [6.07, 6.45) is 2.82. The number of hydrogen-bond acceptors (Lipinski definition) is 4. The van der Waals surface area contributed by atoms with Crippen molar-refractivity contribution in [2.45, 2.75) is 46.7 Å². The van der Waals surface area contributed by atoms with Crippen LogP contribution in [0.1, 0.15) is 37.0 Å². The molecule has 1 aromatic heterocycles. The van der Waals surface area contributed by atoms with Gasteiger partial charge in [0.1, 0.15) is 0 Å². The molecule has 148 valence electrons. The molecule has 1 aliphatic rings. The molecule has 0 unspecified atom stereocenters. The maximum Gasteiger partial charge on any atom is 0.0698 e. The van der Waals surface area contributed by atoms with Crippen LogP contribution >= 0.6 is 0 Å². The van der Waals surface area contributed by atoms with E-state index in [1.807, 2.05) is 6.20 Å². The highest BCUT2D eigenvalue weighted by Crippen LogP contribution is 2.27. The minimum absolute atomic E-state index is 0.256. The number of nitrogens with one attached hydrogen (secondary N) is 1. The Kier molecular flexibility index (Phi) is 6.68. The van der Waals surface area contributed by atoms with E-state index in [-0.39, 0.29) is 6.61 Å². The lowest BCUT2D eigenvalue weighted by Gasteiger charge is -2.42. The molecular formula is C22H34N4O. The van der Waals surface area contributed by atoms with Crippen molar-refractivity contribution in [3.05, 3.63) is 41.1 Å². The molecule has 0 radical (unpaired) electrons. The molecule has 1 atom stereocenters. The van der Waals surface area contributed by atoms with Gasteiger partial charge >= 0.3 is 0 Å². The normalized spacial score (nSPS) is 19.1. The average molecular weight is 371 g/mol. The summed E-state index contributed by atoms with van der Waals surface area (Å²) in [6.45, 7) is 14.2. The van der Waals surface area contributed by atoms with Crippen LogP contribution in [0.4, 0.5) is 0 Å². The van der Waals surface area contributed by atoms with E-state index in [4.69, 9.17) is 0 Å². The molecule has 0 bridgehead atoms. The monoisotopic (exact) mass is 370 g/mol. The fourth-order valence-corrected chi connectivity index (χ4v) is 4.14. The molecule has 27 heavy (non-hydrogen) atoms. The maximum absolute atomic E-state index is 9.50. The van der Waals surface area contributed by atoms with Gasteiger partial charge in [-0.25, -0.2) is 0 Å². The fraction of sp³-hybridized carbons (Fsp3) is 0.591. The Balaban J connectivity index is 1.73. The van der Waals surface area contributed by atoms with Crippen molar-refractivity contribution in [2.75, 3.05) is 32.8 Å². The first kappa shape index (κ1) is 20.1. The number of aliphatic hydroxyl groups excluding tert-OH is 1. The van der Waals surface area contributed by atoms with Gasteiger partial charge in [0.25, 0.3) is 0 Å². The van der Waals surface area contributed by atoms with Crippen molar-refractivity contribution in [2.24, 2.45) is 5.92 Å². The third kappa shape index (κ3) is 4.98. The van der Waals surface area contributed by atoms with E-state index in [0.29, 0.717) is 12.0 Å². The van der Waals surface area contributed by atoms with Crippen molar-refractivity contribution in [1.29, 1.82) is 0 Å². The second-order valence-electron chi connectivity index (χ2n) is 8.38. The second kappa shape index (κ2) is 9.00. The lowest BCUT2D eigenvalue weighted by atomic mass is 9.99. The van der Waals surface area contributed by atoms with E-state index in [0.717, 1.165) is 44.8 Å². The lowest BCUT2D eigenvalue weighted by molar-refractivity contribution is 0.0477. The molecule has 2 heterocycles. The van der Waals surface area contributed by atoms with E-state index in [1.54, 1.807) is 0 Å². The summed E-state index contributed by atoms with van der Waals surface area (Å²) in [6, 6.07) is 7.00. The molecule has 0 amide bonds. The molecular weight excluding hydrogens is 336 g/mol. The SMILES string of the molecule is Cc1ccc(C)c(-c2[nH]ncc2CN2CCN(CC(C)C)[C@@H](CCO)C2)c1. The maximum atomic E-state index is 9.50. The van der Waals surface area contributed by atoms with E-state index in [9.17, 15) is 5.11 Å². The number of benzene rings is 1. The van der Waals surface area contributed by atoms with E-state index >= 15 is 0 Å². The van der Waals surface area contributed by atoms with Gasteiger partial charge in [0.05, 0.1) is 11.9 Å². The van der Waals surface area contributed by atoms with Crippen LogP contribution in [0.3, 0.4) is 0 Å². The minimum atomic E-state index is 0.256. The summed E-state index contributed by atoms with van der Waals surface area (Å²) in [5, 5.41) is 17.1. The largest absolute Gasteiger partial charge is 0.396 e. The first-order chi connectivity index (χ1) is 13.0. The summed E-state index contributed by atoms with van der Waals surface area (Å²) in [7, 11) is 0. The van der Waals surface area contributed by atoms with Gasteiger partial charge in [-0.2, -0.15) is 5.10 Å². The van der Waals surface area contributed by atoms with Crippen molar-refractivity contribution >= 4 is 0 Å². The Morgan fingerprint density at radius 2 is 2.07 bits per heavy atom. The van der Waals surface area contributed by atoms with Crippen molar-refractivity contribution in [3.8, 4) is 11.3 Å². The summed E-state index contributed by atoms with van der Waals surface area (Å²) in [5.41, 5.74) is 6.17. The molecule has 1 saturated heterocycles. The molecule has 0 aliphatic carbocycles. The first-order valence-corrected chi connectivity index (χ1v) is 10.1. The predicted octanol–water partition coefficient (Wildman–Crippen LogP) is 3.22. The topological polar surface area (TPSA) is 55.4 Å². The van der Waals surface area contributed by atoms with Crippen LogP contribution in [0.15, 0.2) is 24.4 Å². The van der Waals surface area contributed by atoms with Gasteiger partial charge in [0, 0.05) is 56.5 Å². The zero-order chi connectivity index (χ0) is 19.4. The number of H-pyrrole nitrogens is 1. The van der Waals surface area contributed by atoms with E-state index in [2.05, 4.69) is 65.9 Å². The van der Waals surface area contributed by atoms with Crippen LogP contribution < -0.4 is 0 Å². The fourth-order valence-electron chi connectivity index (χ4n) is 4.14. The average Bonchev–Trinajstić information content (AvgIpc) is 3.07. The van der Waals surface area contributed by atoms with Gasteiger partial charge in [-0.3, -0.25) is 14.9 Å². The summed E-state index contributed by atoms with van der Waals surface area (Å²) < 4.78 is 0. The quantitative estimate of drug-likeness (QED) is 0.786. The number of rotatable bonds is 7. The van der Waals surface area contributed by atoms with Crippen LogP contribution in [0.25, 0.3) is 11.3 Å². The number of aromatic amines is 1. The van der Waals surface area contributed by atoms with Crippen LogP contribution in [0.2, 0.25) is 0 Å². The number of piperazine rings is 1. The van der Waals surface area contributed by atoms with Crippen LogP contribution in [0, 0.1) is 19.8 Å². The van der Waals surface area contributed by atoms with Gasteiger partial charge in [-0.1, -0.05) is 31.5 Å². The number of nitrogens with zero attached hydrogens (tertiary/aromatic N) is 3. The first-order valence-electron chi connectivity index (χ1n) is 10.1. The van der Waals surface area contributed by atoms with Crippen LogP contribution in [-0.2, 0) is 6.54 Å². The molecule has 5 nitrogen and oxygen atoms in total. The van der Waals surface area contributed by atoms with Gasteiger partial charge in [-0.15, -0.1) is 0 Å². The minimum Gasteiger partial charge on any atom is -0.396 e. The van der Waals surface area contributed by atoms with Crippen molar-refractivity contribution in [1.82, 2.24) is 20.0 Å². The zero-order valence-corrected chi connectivity index (χ0v) is 17.2. The number of hydrogen-bond donors (Lipinski definition) is 2. The molecule has 5 heteroatoms. The van der Waals surface area contributed by atoms with E-state index < -0.39 is 0 Å². The summed E-state index contributed by atoms with van der Waals surface area (Å²) >= 11 is 0. The molecule has 2 aromatic rings. The van der Waals surface area contributed by atoms with Crippen LogP contribution in [0.5, 0.6) is 0 Å². The highest BCUT2D eigenvalue weighted by atomic mass is 16.3. The zero-order valence-electron chi connectivity index (χ0n) is 17.2. The molecule has 0 saturated carbocycles. The Morgan fingerprint density at radius 1 is 1.26 bits per heavy atom. The Bertz CT molecular complexity index is 740. The highest BCUT2D eigenvalue weighted by molar-refractivity contribution is 5.67. The number of aryl methyl sites for hydroxylation is 2. The van der Waals surface area contributed by atoms with Crippen molar-refractivity contribution in [3.63, 3.8) is 0 Å². The van der Waals surface area contributed by atoms with Crippen molar-refractivity contribution < 1.29 is 5.11 Å². The number of aromatic nitrogens is 2. The molecule has 3 rings (SSSR count). The predicted molar refractivity (Wildman–Crippen MR) is 111 cm³/mol. The van der Waals surface area contributed by atoms with Crippen LogP contribution in [-0.4, -0.2) is 63.9 Å². The Labute approximate surface area is 163 Å².